The second kappa shape index (κ2) is 6.84. The number of aromatic nitrogens is 6. The van der Waals surface area contributed by atoms with Gasteiger partial charge in [0, 0.05) is 40.5 Å². The molecule has 6 rings (SSSR count). The topological polar surface area (TPSA) is 83.1 Å². The lowest BCUT2D eigenvalue weighted by molar-refractivity contribution is 0.628. The third kappa shape index (κ3) is 2.95. The molecule has 0 atom stereocenters. The Morgan fingerprint density at radius 2 is 1.71 bits per heavy atom. The molecule has 0 spiro atoms. The lowest BCUT2D eigenvalue weighted by Gasteiger charge is -2.02. The fourth-order valence-electron chi connectivity index (χ4n) is 3.82. The van der Waals surface area contributed by atoms with Crippen molar-refractivity contribution in [3.8, 4) is 33.8 Å². The van der Waals surface area contributed by atoms with Gasteiger partial charge in [0.1, 0.15) is 5.82 Å². The van der Waals surface area contributed by atoms with E-state index in [4.69, 9.17) is 0 Å². The lowest BCUT2D eigenvalue weighted by atomic mass is 10.0. The highest BCUT2D eigenvalue weighted by Gasteiger charge is 2.15. The maximum atomic E-state index is 13.4. The van der Waals surface area contributed by atoms with Crippen LogP contribution in [0.5, 0.6) is 0 Å². The first-order valence-corrected chi connectivity index (χ1v) is 9.75. The molecule has 0 amide bonds. The number of H-pyrrole nitrogens is 2. The zero-order chi connectivity index (χ0) is 20.8. The Bertz CT molecular complexity index is 1530. The van der Waals surface area contributed by atoms with E-state index >= 15 is 0 Å². The number of fused-ring (bicyclic) bond motifs is 2. The molecule has 0 aliphatic heterocycles. The van der Waals surface area contributed by atoms with E-state index < -0.39 is 0 Å². The smallest absolute Gasteiger partial charge is 0.181 e. The van der Waals surface area contributed by atoms with Gasteiger partial charge in [-0.2, -0.15) is 5.10 Å². The van der Waals surface area contributed by atoms with Crippen molar-refractivity contribution in [2.24, 2.45) is 0 Å². The van der Waals surface area contributed by atoms with Gasteiger partial charge in [-0.3, -0.25) is 15.1 Å². The average Bonchev–Trinajstić information content (AvgIpc) is 3.43. The molecule has 1 aromatic carbocycles. The second-order valence-electron chi connectivity index (χ2n) is 7.25. The van der Waals surface area contributed by atoms with Crippen LogP contribution in [0.2, 0.25) is 0 Å². The molecule has 0 radical (unpaired) electrons. The molecular weight excluding hydrogens is 391 g/mol. The summed E-state index contributed by atoms with van der Waals surface area (Å²) in [4.78, 5) is 16.7. The standard InChI is InChI=1S/C24H15FN6/c25-16-6-4-14(5-7-16)19-12-26-13-22-17(19)10-21(29-22)23-18-9-15(11-28-24(18)31-30-23)20-3-1-2-8-27-20/h1-13,29H,(H,28,30,31). The summed E-state index contributed by atoms with van der Waals surface area (Å²) in [6.07, 6.45) is 7.11. The minimum absolute atomic E-state index is 0.265. The molecule has 0 saturated carbocycles. The van der Waals surface area contributed by atoms with Gasteiger partial charge in [-0.25, -0.2) is 9.37 Å². The normalized spacial score (nSPS) is 11.4. The van der Waals surface area contributed by atoms with Crippen LogP contribution in [-0.2, 0) is 0 Å². The van der Waals surface area contributed by atoms with Crippen LogP contribution in [0.1, 0.15) is 0 Å². The van der Waals surface area contributed by atoms with Crippen LogP contribution in [0, 0.1) is 5.82 Å². The molecule has 0 aliphatic rings. The number of aromatic amines is 2. The highest BCUT2D eigenvalue weighted by Crippen LogP contribution is 2.34. The van der Waals surface area contributed by atoms with Crippen molar-refractivity contribution in [1.29, 1.82) is 0 Å². The van der Waals surface area contributed by atoms with Gasteiger partial charge in [-0.1, -0.05) is 18.2 Å². The summed E-state index contributed by atoms with van der Waals surface area (Å²) in [6.45, 7) is 0. The first kappa shape index (κ1) is 17.5. The van der Waals surface area contributed by atoms with Crippen molar-refractivity contribution >= 4 is 21.9 Å². The van der Waals surface area contributed by atoms with Gasteiger partial charge in [0.2, 0.25) is 0 Å². The molecule has 148 valence electrons. The Morgan fingerprint density at radius 3 is 2.55 bits per heavy atom. The first-order valence-electron chi connectivity index (χ1n) is 9.75. The van der Waals surface area contributed by atoms with Gasteiger partial charge in [-0.15, -0.1) is 0 Å². The fraction of sp³-hybridized carbons (Fsp3) is 0. The van der Waals surface area contributed by atoms with E-state index in [9.17, 15) is 4.39 Å². The van der Waals surface area contributed by atoms with Crippen LogP contribution in [0.3, 0.4) is 0 Å². The fourth-order valence-corrected chi connectivity index (χ4v) is 3.82. The third-order valence-electron chi connectivity index (χ3n) is 5.34. The Hall–Kier alpha value is -4.39. The van der Waals surface area contributed by atoms with Crippen molar-refractivity contribution in [3.63, 3.8) is 0 Å². The molecule has 6 aromatic rings. The molecule has 5 heterocycles. The highest BCUT2D eigenvalue weighted by molar-refractivity contribution is 6.00. The number of benzene rings is 1. The van der Waals surface area contributed by atoms with E-state index in [1.54, 1.807) is 36.9 Å². The second-order valence-corrected chi connectivity index (χ2v) is 7.25. The van der Waals surface area contributed by atoms with Gasteiger partial charge in [0.25, 0.3) is 0 Å². The van der Waals surface area contributed by atoms with Gasteiger partial charge in [0.15, 0.2) is 5.65 Å². The number of hydrogen-bond donors (Lipinski definition) is 2. The van der Waals surface area contributed by atoms with Crippen LogP contribution < -0.4 is 0 Å². The van der Waals surface area contributed by atoms with Crippen LogP contribution in [0.15, 0.2) is 79.4 Å². The molecule has 0 bridgehead atoms. The van der Waals surface area contributed by atoms with Gasteiger partial charge >= 0.3 is 0 Å². The number of rotatable bonds is 3. The molecular formula is C24H15FN6. The number of halogens is 1. The van der Waals surface area contributed by atoms with Crippen LogP contribution >= 0.6 is 0 Å². The monoisotopic (exact) mass is 406 g/mol. The number of hydrogen-bond acceptors (Lipinski definition) is 4. The van der Waals surface area contributed by atoms with Crippen molar-refractivity contribution < 1.29 is 4.39 Å². The molecule has 0 saturated heterocycles. The first-order chi connectivity index (χ1) is 15.3. The Morgan fingerprint density at radius 1 is 0.806 bits per heavy atom. The maximum Gasteiger partial charge on any atom is 0.181 e. The maximum absolute atomic E-state index is 13.4. The molecule has 6 nitrogen and oxygen atoms in total. The SMILES string of the molecule is Fc1ccc(-c2cncc3[nH]c(-c4[nH]nc5ncc(-c6ccccn6)cc45)cc23)cc1. The molecule has 0 unspecified atom stereocenters. The molecule has 0 aliphatic carbocycles. The number of nitrogens with zero attached hydrogens (tertiary/aromatic N) is 4. The van der Waals surface area contributed by atoms with Crippen LogP contribution in [0.25, 0.3) is 55.7 Å². The zero-order valence-electron chi connectivity index (χ0n) is 16.2. The molecule has 2 N–H and O–H groups in total. The summed E-state index contributed by atoms with van der Waals surface area (Å²) < 4.78 is 13.4. The summed E-state index contributed by atoms with van der Waals surface area (Å²) in [5.74, 6) is -0.265. The summed E-state index contributed by atoms with van der Waals surface area (Å²) >= 11 is 0. The summed E-state index contributed by atoms with van der Waals surface area (Å²) in [5.41, 5.74) is 6.81. The van der Waals surface area contributed by atoms with E-state index in [1.165, 1.54) is 12.1 Å². The van der Waals surface area contributed by atoms with Gasteiger partial charge < -0.3 is 4.98 Å². The molecule has 31 heavy (non-hydrogen) atoms. The van der Waals surface area contributed by atoms with E-state index in [1.807, 2.05) is 24.3 Å². The number of pyridine rings is 3. The zero-order valence-corrected chi connectivity index (χ0v) is 16.2. The third-order valence-corrected chi connectivity index (χ3v) is 5.34. The summed E-state index contributed by atoms with van der Waals surface area (Å²) in [7, 11) is 0. The summed E-state index contributed by atoms with van der Waals surface area (Å²) in [6, 6.07) is 16.3. The number of nitrogens with one attached hydrogen (secondary N) is 2. The van der Waals surface area contributed by atoms with Crippen LogP contribution in [0.4, 0.5) is 4.39 Å². The van der Waals surface area contributed by atoms with Crippen molar-refractivity contribution in [1.82, 2.24) is 30.1 Å². The quantitative estimate of drug-likeness (QED) is 0.414. The minimum Gasteiger partial charge on any atom is -0.352 e. The van der Waals surface area contributed by atoms with Crippen molar-refractivity contribution in [2.45, 2.75) is 0 Å². The van der Waals surface area contributed by atoms with Crippen molar-refractivity contribution in [3.05, 3.63) is 85.2 Å². The molecule has 7 heteroatoms. The van der Waals surface area contributed by atoms with Gasteiger partial charge in [0.05, 0.1) is 28.8 Å². The van der Waals surface area contributed by atoms with E-state index in [0.29, 0.717) is 5.65 Å². The van der Waals surface area contributed by atoms with Crippen molar-refractivity contribution in [2.75, 3.05) is 0 Å². The summed E-state index contributed by atoms with van der Waals surface area (Å²) in [5, 5.41) is 9.35. The highest BCUT2D eigenvalue weighted by atomic mass is 19.1. The molecule has 5 aromatic heterocycles. The van der Waals surface area contributed by atoms with Crippen LogP contribution in [-0.4, -0.2) is 30.1 Å². The Balaban J connectivity index is 1.51. The minimum atomic E-state index is -0.265. The molecule has 0 fully saturated rings. The van der Waals surface area contributed by atoms with E-state index in [2.05, 4.69) is 36.2 Å². The van der Waals surface area contributed by atoms with E-state index in [0.717, 1.165) is 50.1 Å². The van der Waals surface area contributed by atoms with E-state index in [-0.39, 0.29) is 5.82 Å². The van der Waals surface area contributed by atoms with Gasteiger partial charge in [-0.05, 0) is 42.0 Å². The predicted molar refractivity (Wildman–Crippen MR) is 118 cm³/mol. The largest absolute Gasteiger partial charge is 0.352 e. The lowest BCUT2D eigenvalue weighted by Crippen LogP contribution is -1.85. The Labute approximate surface area is 175 Å². The predicted octanol–water partition coefficient (Wildman–Crippen LogP) is 5.37. The average molecular weight is 406 g/mol. The Kier molecular flexibility index (Phi) is 3.86.